The Bertz CT molecular complexity index is 1610. The number of benzene rings is 2. The molecule has 0 saturated carbocycles. The molecule has 0 amide bonds. The number of aliphatic hydroxyl groups excluding tert-OH is 6. The standard InChI is InChI=1S/C34H40O16/c1-13(9-45-34-31(41)29(39)28(38)24(50-34)12-47-33-30(40)27(37)17(35)10-46-33)19-7-16-18(48-19)5-4-14-26(36)25-15-6-21(42-2)22(43-3)8-20(15)44-11-23(25)49-32(14)16/h4-6,8,17,19,23-25,27-31,33-35,37-41H,1,7,9-12H2,2-3H3/t17-,19?,23?,24-,25?,27-,28-,29+,30+,31-,33-,34-/m1/s1. The van der Waals surface area contributed by atoms with E-state index in [1.165, 1.54) is 14.2 Å². The van der Waals surface area contributed by atoms with Crippen molar-refractivity contribution in [3.8, 4) is 28.7 Å². The van der Waals surface area contributed by atoms with Gasteiger partial charge in [0.2, 0.25) is 0 Å². The van der Waals surface area contributed by atoms with E-state index in [1.54, 1.807) is 24.3 Å². The lowest BCUT2D eigenvalue weighted by molar-refractivity contribution is -0.319. The Kier molecular flexibility index (Phi) is 9.68. The first-order valence-corrected chi connectivity index (χ1v) is 16.2. The first kappa shape index (κ1) is 34.9. The highest BCUT2D eigenvalue weighted by Crippen LogP contribution is 2.50. The first-order valence-electron chi connectivity index (χ1n) is 16.2. The summed E-state index contributed by atoms with van der Waals surface area (Å²) in [5.41, 5.74) is 2.20. The molecule has 3 unspecified atom stereocenters. The molecule has 6 N–H and O–H groups in total. The predicted octanol–water partition coefficient (Wildman–Crippen LogP) is -1.04. The molecule has 5 heterocycles. The number of carbonyl (C=O) groups excluding carboxylic acids is 1. The zero-order chi connectivity index (χ0) is 35.4. The number of methoxy groups -OCH3 is 2. The molecule has 0 aliphatic carbocycles. The van der Waals surface area contributed by atoms with Crippen LogP contribution in [0.3, 0.4) is 0 Å². The summed E-state index contributed by atoms with van der Waals surface area (Å²) in [5.74, 6) is 1.67. The number of hydrogen-bond acceptors (Lipinski definition) is 16. The maximum Gasteiger partial charge on any atom is 0.187 e. The van der Waals surface area contributed by atoms with Gasteiger partial charge in [0.1, 0.15) is 78.8 Å². The second kappa shape index (κ2) is 13.9. The van der Waals surface area contributed by atoms with E-state index in [0.717, 1.165) is 0 Å². The van der Waals surface area contributed by atoms with Crippen molar-refractivity contribution in [2.75, 3.05) is 40.6 Å². The van der Waals surface area contributed by atoms with Crippen LogP contribution >= 0.6 is 0 Å². The zero-order valence-electron chi connectivity index (χ0n) is 27.2. The van der Waals surface area contributed by atoms with Gasteiger partial charge in [0.15, 0.2) is 29.9 Å². The lowest BCUT2D eigenvalue weighted by atomic mass is 9.81. The van der Waals surface area contributed by atoms with Crippen molar-refractivity contribution in [3.05, 3.63) is 53.1 Å². The second-order valence-corrected chi connectivity index (χ2v) is 12.9. The van der Waals surface area contributed by atoms with Crippen molar-refractivity contribution >= 4 is 5.78 Å². The molecule has 0 aromatic heterocycles. The van der Waals surface area contributed by atoms with E-state index in [1.807, 2.05) is 0 Å². The summed E-state index contributed by atoms with van der Waals surface area (Å²) in [5, 5.41) is 61.2. The van der Waals surface area contributed by atoms with E-state index in [9.17, 15) is 35.4 Å². The van der Waals surface area contributed by atoms with Gasteiger partial charge in [-0.2, -0.15) is 0 Å². The molecule has 16 nitrogen and oxygen atoms in total. The molecule has 7 rings (SSSR count). The highest BCUT2D eigenvalue weighted by atomic mass is 16.7. The van der Waals surface area contributed by atoms with Gasteiger partial charge in [0, 0.05) is 23.6 Å². The molecule has 12 atom stereocenters. The summed E-state index contributed by atoms with van der Waals surface area (Å²) in [7, 11) is 3.04. The molecule has 2 fully saturated rings. The van der Waals surface area contributed by atoms with Gasteiger partial charge in [0.05, 0.1) is 45.5 Å². The maximum atomic E-state index is 13.9. The number of ether oxygens (including phenoxy) is 9. The van der Waals surface area contributed by atoms with E-state index in [2.05, 4.69) is 6.58 Å². The van der Waals surface area contributed by atoms with Crippen LogP contribution in [0.1, 0.15) is 27.4 Å². The average molecular weight is 705 g/mol. The summed E-state index contributed by atoms with van der Waals surface area (Å²) in [6, 6.07) is 6.82. The molecule has 2 aromatic carbocycles. The highest BCUT2D eigenvalue weighted by molar-refractivity contribution is 6.06. The zero-order valence-corrected chi connectivity index (χ0v) is 27.2. The fourth-order valence-electron chi connectivity index (χ4n) is 6.88. The summed E-state index contributed by atoms with van der Waals surface area (Å²) in [6.07, 6.45) is -14.1. The second-order valence-electron chi connectivity index (χ2n) is 12.9. The van der Waals surface area contributed by atoms with Gasteiger partial charge in [-0.1, -0.05) is 6.58 Å². The van der Waals surface area contributed by atoms with Crippen LogP contribution in [0.4, 0.5) is 0 Å². The maximum absolute atomic E-state index is 13.9. The summed E-state index contributed by atoms with van der Waals surface area (Å²) in [4.78, 5) is 13.9. The lowest BCUT2D eigenvalue weighted by Gasteiger charge is -2.41. The van der Waals surface area contributed by atoms with E-state index >= 15 is 0 Å². The Balaban J connectivity index is 0.993. The Morgan fingerprint density at radius 1 is 0.860 bits per heavy atom. The molecular formula is C34H40O16. The van der Waals surface area contributed by atoms with Crippen molar-refractivity contribution in [2.45, 2.75) is 79.9 Å². The van der Waals surface area contributed by atoms with Crippen LogP contribution in [0.15, 0.2) is 36.4 Å². The molecule has 0 radical (unpaired) electrons. The molecule has 2 aromatic rings. The number of rotatable bonds is 9. The predicted molar refractivity (Wildman–Crippen MR) is 167 cm³/mol. The Labute approximate surface area is 286 Å². The minimum Gasteiger partial charge on any atom is -0.493 e. The van der Waals surface area contributed by atoms with Gasteiger partial charge in [0.25, 0.3) is 0 Å². The number of carbonyl (C=O) groups is 1. The van der Waals surface area contributed by atoms with E-state index in [-0.39, 0.29) is 25.6 Å². The Morgan fingerprint density at radius 3 is 2.36 bits per heavy atom. The van der Waals surface area contributed by atoms with Crippen LogP contribution in [0.5, 0.6) is 28.7 Å². The van der Waals surface area contributed by atoms with Crippen LogP contribution < -0.4 is 23.7 Å². The quantitative estimate of drug-likeness (QED) is 0.172. The van der Waals surface area contributed by atoms with Gasteiger partial charge >= 0.3 is 0 Å². The summed E-state index contributed by atoms with van der Waals surface area (Å²) < 4.78 is 51.5. The number of aliphatic hydroxyl groups is 6. The average Bonchev–Trinajstić information content (AvgIpc) is 3.57. The summed E-state index contributed by atoms with van der Waals surface area (Å²) >= 11 is 0. The van der Waals surface area contributed by atoms with Gasteiger partial charge in [-0.15, -0.1) is 0 Å². The summed E-state index contributed by atoms with van der Waals surface area (Å²) in [6.45, 7) is 3.35. The minimum atomic E-state index is -1.67. The van der Waals surface area contributed by atoms with E-state index < -0.39 is 80.0 Å². The van der Waals surface area contributed by atoms with Crippen LogP contribution in [0.25, 0.3) is 0 Å². The third-order valence-corrected chi connectivity index (χ3v) is 9.76. The fourth-order valence-corrected chi connectivity index (χ4v) is 6.88. The van der Waals surface area contributed by atoms with E-state index in [0.29, 0.717) is 57.4 Å². The Morgan fingerprint density at radius 2 is 1.60 bits per heavy atom. The number of ketones is 1. The minimum absolute atomic E-state index is 0.123. The van der Waals surface area contributed by atoms with Crippen molar-refractivity contribution in [3.63, 3.8) is 0 Å². The highest BCUT2D eigenvalue weighted by Gasteiger charge is 2.48. The third kappa shape index (κ3) is 6.08. The smallest absolute Gasteiger partial charge is 0.187 e. The third-order valence-electron chi connectivity index (χ3n) is 9.76. The largest absolute Gasteiger partial charge is 0.493 e. The monoisotopic (exact) mass is 704 g/mol. The molecule has 5 aliphatic heterocycles. The lowest BCUT2D eigenvalue weighted by Crippen LogP contribution is -2.60. The SMILES string of the molecule is C=C(CO[C@@H]1O[C@H](CO[C@H]2OC[C@@H](O)[C@@H](O)[C@@H]2O)[C@@H](O)[C@H](O)[C@H]1O)C1Cc2c(ccc3c2OC2COc4cc(OC)c(OC)cc4C2C3=O)O1. The van der Waals surface area contributed by atoms with Crippen molar-refractivity contribution < 1.29 is 78.1 Å². The van der Waals surface area contributed by atoms with Crippen LogP contribution in [-0.4, -0.2) is 145 Å². The normalized spacial score (nSPS) is 35.7. The molecule has 0 bridgehead atoms. The van der Waals surface area contributed by atoms with Crippen LogP contribution in [-0.2, 0) is 25.4 Å². The van der Waals surface area contributed by atoms with Crippen LogP contribution in [0.2, 0.25) is 0 Å². The fraction of sp³-hybridized carbons (Fsp3) is 0.559. The molecule has 50 heavy (non-hydrogen) atoms. The van der Waals surface area contributed by atoms with Gasteiger partial charge in [-0.3, -0.25) is 4.79 Å². The van der Waals surface area contributed by atoms with Gasteiger partial charge < -0.3 is 73.3 Å². The molecule has 16 heteroatoms. The number of Topliss-reactive ketones (excluding diaryl/α,β-unsaturated/α-hetero) is 1. The number of hydrogen-bond donors (Lipinski definition) is 6. The van der Waals surface area contributed by atoms with Crippen molar-refractivity contribution in [2.24, 2.45) is 0 Å². The Hall–Kier alpha value is -3.55. The van der Waals surface area contributed by atoms with Crippen molar-refractivity contribution in [1.82, 2.24) is 0 Å². The number of fused-ring (bicyclic) bond motifs is 6. The molecule has 0 spiro atoms. The van der Waals surface area contributed by atoms with Crippen molar-refractivity contribution in [1.29, 1.82) is 0 Å². The molecule has 2 saturated heterocycles. The van der Waals surface area contributed by atoms with Crippen LogP contribution in [0, 0.1) is 0 Å². The van der Waals surface area contributed by atoms with Gasteiger partial charge in [-0.05, 0) is 23.8 Å². The first-order chi connectivity index (χ1) is 24.0. The molecule has 5 aliphatic rings. The van der Waals surface area contributed by atoms with E-state index in [4.69, 9.17) is 42.6 Å². The molecular weight excluding hydrogens is 664 g/mol. The molecule has 272 valence electrons. The van der Waals surface area contributed by atoms with Gasteiger partial charge in [-0.25, -0.2) is 0 Å². The topological polar surface area (TPSA) is 222 Å².